The van der Waals surface area contributed by atoms with Crippen LogP contribution in [0.15, 0.2) is 21.5 Å². The number of ether oxygens (including phenoxy) is 1. The maximum Gasteiger partial charge on any atom is 0.243 e. The summed E-state index contributed by atoms with van der Waals surface area (Å²) in [6.07, 6.45) is 2.62. The molecule has 116 valence electrons. The van der Waals surface area contributed by atoms with Crippen molar-refractivity contribution >= 4 is 37.6 Å². The van der Waals surface area contributed by atoms with Crippen LogP contribution in [-0.4, -0.2) is 27.2 Å². The van der Waals surface area contributed by atoms with Crippen molar-refractivity contribution in [1.82, 2.24) is 4.72 Å². The molecule has 1 N–H and O–H groups in total. The Morgan fingerprint density at radius 2 is 2.19 bits per heavy atom. The highest BCUT2D eigenvalue weighted by atomic mass is 79.9. The Morgan fingerprint density at radius 3 is 2.90 bits per heavy atom. The maximum absolute atomic E-state index is 13.9. The monoisotopic (exact) mass is 397 g/mol. The highest BCUT2D eigenvalue weighted by Gasteiger charge is 2.45. The minimum Gasteiger partial charge on any atom is -0.378 e. The summed E-state index contributed by atoms with van der Waals surface area (Å²) in [6, 6.07) is 1.99. The Hall–Kier alpha value is -0.210. The molecule has 2 aliphatic rings. The average molecular weight is 399 g/mol. The summed E-state index contributed by atoms with van der Waals surface area (Å²) in [7, 11) is -3.93. The average Bonchev–Trinajstić information content (AvgIpc) is 2.40. The van der Waals surface area contributed by atoms with Crippen molar-refractivity contribution < 1.29 is 17.5 Å². The second-order valence-electron chi connectivity index (χ2n) is 5.38. The van der Waals surface area contributed by atoms with Gasteiger partial charge in [0.05, 0.1) is 11.1 Å². The van der Waals surface area contributed by atoms with Gasteiger partial charge in [0.2, 0.25) is 10.0 Å². The van der Waals surface area contributed by atoms with Gasteiger partial charge in [-0.25, -0.2) is 17.5 Å². The first-order chi connectivity index (χ1) is 9.88. The molecule has 8 heteroatoms. The van der Waals surface area contributed by atoms with Gasteiger partial charge in [-0.1, -0.05) is 11.6 Å². The zero-order chi connectivity index (χ0) is 15.2. The van der Waals surface area contributed by atoms with Gasteiger partial charge < -0.3 is 4.74 Å². The van der Waals surface area contributed by atoms with E-state index in [1.165, 1.54) is 0 Å². The molecule has 0 bridgehead atoms. The first-order valence-corrected chi connectivity index (χ1v) is 9.32. The Bertz CT molecular complexity index is 670. The number of fused-ring (bicyclic) bond motifs is 1. The van der Waals surface area contributed by atoms with Crippen molar-refractivity contribution in [2.45, 2.75) is 36.3 Å². The van der Waals surface area contributed by atoms with Crippen LogP contribution in [0.25, 0.3) is 0 Å². The van der Waals surface area contributed by atoms with E-state index in [0.717, 1.165) is 31.6 Å². The predicted octanol–water partition coefficient (Wildman–Crippen LogP) is 3.09. The van der Waals surface area contributed by atoms with E-state index in [2.05, 4.69) is 20.7 Å². The van der Waals surface area contributed by atoms with Gasteiger partial charge in [-0.3, -0.25) is 0 Å². The minimum absolute atomic E-state index is 0.129. The third kappa shape index (κ3) is 2.99. The first-order valence-electron chi connectivity index (χ1n) is 6.67. The summed E-state index contributed by atoms with van der Waals surface area (Å²) in [5.41, 5.74) is 0. The molecule has 1 aromatic carbocycles. The summed E-state index contributed by atoms with van der Waals surface area (Å²) in [5, 5.41) is 0.157. The summed E-state index contributed by atoms with van der Waals surface area (Å²) in [4.78, 5) is -0.420. The molecule has 1 saturated carbocycles. The fourth-order valence-corrected chi connectivity index (χ4v) is 4.83. The van der Waals surface area contributed by atoms with Gasteiger partial charge in [0.25, 0.3) is 0 Å². The Kier molecular flexibility index (Phi) is 4.31. The molecule has 2 fully saturated rings. The van der Waals surface area contributed by atoms with Gasteiger partial charge in [0.15, 0.2) is 0 Å². The van der Waals surface area contributed by atoms with E-state index >= 15 is 0 Å². The number of hydrogen-bond acceptors (Lipinski definition) is 3. The van der Waals surface area contributed by atoms with Crippen molar-refractivity contribution in [3.05, 3.63) is 27.4 Å². The second-order valence-corrected chi connectivity index (χ2v) is 8.32. The number of hydrogen-bond donors (Lipinski definition) is 1. The molecule has 0 spiro atoms. The number of benzene rings is 1. The molecule has 1 heterocycles. The number of rotatable bonds is 3. The summed E-state index contributed by atoms with van der Waals surface area (Å²) in [5.74, 6) is -0.642. The molecule has 3 unspecified atom stereocenters. The molecule has 0 amide bonds. The molecule has 1 aromatic rings. The fraction of sp³-hybridized carbons (Fsp3) is 0.538. The number of sulfonamides is 1. The van der Waals surface area contributed by atoms with E-state index in [1.54, 1.807) is 0 Å². The van der Waals surface area contributed by atoms with Crippen molar-refractivity contribution in [3.8, 4) is 0 Å². The van der Waals surface area contributed by atoms with Gasteiger partial charge in [0, 0.05) is 23.0 Å². The Balaban J connectivity index is 1.80. The van der Waals surface area contributed by atoms with E-state index in [0.29, 0.717) is 10.9 Å². The second kappa shape index (κ2) is 5.77. The van der Waals surface area contributed by atoms with Crippen molar-refractivity contribution in [2.24, 2.45) is 5.92 Å². The van der Waals surface area contributed by atoms with Crippen LogP contribution < -0.4 is 4.72 Å². The highest BCUT2D eigenvalue weighted by molar-refractivity contribution is 9.10. The van der Waals surface area contributed by atoms with Gasteiger partial charge in [-0.05, 0) is 47.3 Å². The zero-order valence-electron chi connectivity index (χ0n) is 11.0. The van der Waals surface area contributed by atoms with E-state index in [-0.39, 0.29) is 23.1 Å². The topological polar surface area (TPSA) is 55.4 Å². The lowest BCUT2D eigenvalue weighted by Gasteiger charge is -2.47. The predicted molar refractivity (Wildman–Crippen MR) is 80.3 cm³/mol. The van der Waals surface area contributed by atoms with Crippen LogP contribution >= 0.6 is 27.5 Å². The third-order valence-electron chi connectivity index (χ3n) is 4.07. The van der Waals surface area contributed by atoms with Crippen LogP contribution in [0.5, 0.6) is 0 Å². The molecule has 1 aliphatic carbocycles. The van der Waals surface area contributed by atoms with E-state index in [9.17, 15) is 12.8 Å². The van der Waals surface area contributed by atoms with Crippen LogP contribution in [0.1, 0.15) is 19.3 Å². The molecular formula is C13H14BrClFNO3S. The zero-order valence-corrected chi connectivity index (χ0v) is 14.1. The third-order valence-corrected chi connectivity index (χ3v) is 6.77. The van der Waals surface area contributed by atoms with Gasteiger partial charge in [-0.15, -0.1) is 0 Å². The van der Waals surface area contributed by atoms with Crippen LogP contribution in [0.2, 0.25) is 5.02 Å². The molecule has 1 aliphatic heterocycles. The van der Waals surface area contributed by atoms with Gasteiger partial charge in [-0.2, -0.15) is 0 Å². The van der Waals surface area contributed by atoms with Crippen molar-refractivity contribution in [1.29, 1.82) is 0 Å². The lowest BCUT2D eigenvalue weighted by Crippen LogP contribution is -2.57. The Morgan fingerprint density at radius 1 is 1.43 bits per heavy atom. The normalized spacial score (nSPS) is 28.8. The van der Waals surface area contributed by atoms with Crippen LogP contribution in [0, 0.1) is 11.7 Å². The molecule has 3 rings (SSSR count). The summed E-state index contributed by atoms with van der Waals surface area (Å²) >= 11 is 8.93. The van der Waals surface area contributed by atoms with Crippen LogP contribution in [0.3, 0.4) is 0 Å². The Labute approximate surface area is 136 Å². The largest absolute Gasteiger partial charge is 0.378 e. The van der Waals surface area contributed by atoms with Gasteiger partial charge >= 0.3 is 0 Å². The molecule has 3 atom stereocenters. The summed E-state index contributed by atoms with van der Waals surface area (Å²) < 4.78 is 47.0. The first kappa shape index (κ1) is 15.7. The van der Waals surface area contributed by atoms with Crippen molar-refractivity contribution in [2.75, 3.05) is 6.61 Å². The lowest BCUT2D eigenvalue weighted by molar-refractivity contribution is -0.0980. The minimum atomic E-state index is -3.93. The van der Waals surface area contributed by atoms with E-state index in [4.69, 9.17) is 16.3 Å². The maximum atomic E-state index is 13.9. The molecule has 1 saturated heterocycles. The van der Waals surface area contributed by atoms with Crippen molar-refractivity contribution in [3.63, 3.8) is 0 Å². The molecule has 0 aromatic heterocycles. The molecular weight excluding hydrogens is 385 g/mol. The number of nitrogens with one attached hydrogen (secondary N) is 1. The fourth-order valence-electron chi connectivity index (χ4n) is 2.90. The van der Waals surface area contributed by atoms with E-state index in [1.807, 2.05) is 0 Å². The summed E-state index contributed by atoms with van der Waals surface area (Å²) in [6.45, 7) is 0.734. The molecule has 0 radical (unpaired) electrons. The highest BCUT2D eigenvalue weighted by Crippen LogP contribution is 2.39. The lowest BCUT2D eigenvalue weighted by atomic mass is 9.73. The number of halogens is 3. The molecule has 4 nitrogen and oxygen atoms in total. The van der Waals surface area contributed by atoms with Gasteiger partial charge in [0.1, 0.15) is 10.7 Å². The van der Waals surface area contributed by atoms with Crippen LogP contribution in [0.4, 0.5) is 4.39 Å². The SMILES string of the molecule is O=S(=O)(NC1CC2OCCCC12)c1cc(Cl)c(Br)cc1F. The van der Waals surface area contributed by atoms with E-state index < -0.39 is 20.7 Å². The quantitative estimate of drug-likeness (QED) is 0.796. The van der Waals surface area contributed by atoms with Crippen LogP contribution in [-0.2, 0) is 14.8 Å². The standard InChI is InChI=1S/C13H14BrClFNO3S/c14-8-4-10(16)13(5-9(8)15)21(18,19)17-11-6-12-7(11)2-1-3-20-12/h4-5,7,11-12,17H,1-3,6H2. The molecule has 21 heavy (non-hydrogen) atoms. The smallest absolute Gasteiger partial charge is 0.243 e.